The summed E-state index contributed by atoms with van der Waals surface area (Å²) in [5.41, 5.74) is 2.85. The van der Waals surface area contributed by atoms with Gasteiger partial charge in [0.25, 0.3) is 0 Å². The first-order chi connectivity index (χ1) is 11.3. The molecule has 1 heterocycles. The molecule has 0 bridgehead atoms. The van der Waals surface area contributed by atoms with Crippen LogP contribution in [-0.4, -0.2) is 15.7 Å². The molecule has 0 spiro atoms. The summed E-state index contributed by atoms with van der Waals surface area (Å²) < 4.78 is 39.9. The van der Waals surface area contributed by atoms with Gasteiger partial charge in [0.1, 0.15) is 0 Å². The average Bonchev–Trinajstić information content (AvgIpc) is 3.05. The number of fused-ring (bicyclic) bond motifs is 1. The molecule has 1 aromatic heterocycles. The van der Waals surface area contributed by atoms with Gasteiger partial charge in [-0.25, -0.2) is 0 Å². The summed E-state index contributed by atoms with van der Waals surface area (Å²) in [5.74, 6) is -0.303. The Labute approximate surface area is 137 Å². The number of hydrogen-bond acceptors (Lipinski definition) is 2. The van der Waals surface area contributed by atoms with E-state index in [4.69, 9.17) is 0 Å². The van der Waals surface area contributed by atoms with Crippen LogP contribution < -0.4 is 5.32 Å². The molecule has 0 saturated carbocycles. The van der Waals surface area contributed by atoms with Crippen LogP contribution in [0.1, 0.15) is 34.5 Å². The molecule has 1 N–H and O–H groups in total. The van der Waals surface area contributed by atoms with Crippen molar-refractivity contribution in [2.45, 2.75) is 38.4 Å². The smallest absolute Gasteiger partial charge is 0.350 e. The minimum Gasteiger partial charge on any atom is -0.350 e. The minimum absolute atomic E-state index is 0.0794. The maximum atomic E-state index is 12.7. The van der Waals surface area contributed by atoms with Crippen LogP contribution in [0.25, 0.3) is 0 Å². The Kier molecular flexibility index (Phi) is 4.34. The number of benzene rings is 1. The summed E-state index contributed by atoms with van der Waals surface area (Å²) in [6.07, 6.45) is -1.49. The summed E-state index contributed by atoms with van der Waals surface area (Å²) >= 11 is 0. The topological polar surface area (TPSA) is 46.9 Å². The molecule has 2 aromatic rings. The second-order valence-corrected chi connectivity index (χ2v) is 6.00. The molecular weight excluding hydrogens is 319 g/mol. The van der Waals surface area contributed by atoms with Gasteiger partial charge >= 0.3 is 6.18 Å². The van der Waals surface area contributed by atoms with Gasteiger partial charge < -0.3 is 5.32 Å². The highest BCUT2D eigenvalue weighted by Gasteiger charge is 2.30. The fourth-order valence-corrected chi connectivity index (χ4v) is 3.09. The first kappa shape index (κ1) is 16.5. The van der Waals surface area contributed by atoms with Crippen LogP contribution >= 0.6 is 0 Å². The lowest BCUT2D eigenvalue weighted by Crippen LogP contribution is -2.26. The zero-order valence-corrected chi connectivity index (χ0v) is 13.3. The standard InChI is InChI=1S/C17H18F3N3O/c1-23-15(13-6-3-7-14(13)22-23)10-21-16(24)9-11-4-2-5-12(8-11)17(18,19)20/h2,4-5,8H,3,6-7,9-10H2,1H3,(H,21,24). The molecule has 1 aliphatic rings. The predicted octanol–water partition coefficient (Wildman–Crippen LogP) is 2.79. The van der Waals surface area contributed by atoms with Crippen LogP contribution in [0.3, 0.4) is 0 Å². The fraction of sp³-hybridized carbons (Fsp3) is 0.412. The number of nitrogens with one attached hydrogen (secondary N) is 1. The minimum atomic E-state index is -4.40. The Balaban J connectivity index is 1.63. The summed E-state index contributed by atoms with van der Waals surface area (Å²) in [6, 6.07) is 4.86. The van der Waals surface area contributed by atoms with E-state index >= 15 is 0 Å². The van der Waals surface area contributed by atoms with E-state index in [1.807, 2.05) is 7.05 Å². The molecule has 4 nitrogen and oxygen atoms in total. The second-order valence-electron chi connectivity index (χ2n) is 6.00. The van der Waals surface area contributed by atoms with E-state index in [1.165, 1.54) is 17.7 Å². The number of aryl methyl sites for hydroxylation is 2. The lowest BCUT2D eigenvalue weighted by atomic mass is 10.1. The molecule has 0 aliphatic heterocycles. The largest absolute Gasteiger partial charge is 0.416 e. The van der Waals surface area contributed by atoms with Crippen LogP contribution in [0.15, 0.2) is 24.3 Å². The van der Waals surface area contributed by atoms with Gasteiger partial charge in [0.2, 0.25) is 5.91 Å². The molecule has 7 heteroatoms. The number of hydrogen-bond donors (Lipinski definition) is 1. The summed E-state index contributed by atoms with van der Waals surface area (Å²) in [5, 5.41) is 7.21. The Morgan fingerprint density at radius 3 is 2.88 bits per heavy atom. The number of carbonyl (C=O) groups is 1. The number of aromatic nitrogens is 2. The third kappa shape index (κ3) is 3.44. The van der Waals surface area contributed by atoms with Crippen LogP contribution in [0.2, 0.25) is 0 Å². The Hall–Kier alpha value is -2.31. The van der Waals surface area contributed by atoms with Crippen molar-refractivity contribution in [2.75, 3.05) is 0 Å². The van der Waals surface area contributed by atoms with Crippen LogP contribution in [-0.2, 0) is 43.8 Å². The van der Waals surface area contributed by atoms with E-state index in [0.29, 0.717) is 12.1 Å². The van der Waals surface area contributed by atoms with Gasteiger partial charge in [-0.15, -0.1) is 0 Å². The predicted molar refractivity (Wildman–Crippen MR) is 82.2 cm³/mol. The average molecular weight is 337 g/mol. The number of amides is 1. The van der Waals surface area contributed by atoms with Gasteiger partial charge in [0, 0.05) is 7.05 Å². The number of alkyl halides is 3. The third-order valence-electron chi connectivity index (χ3n) is 4.27. The van der Waals surface area contributed by atoms with Gasteiger partial charge in [-0.3, -0.25) is 9.48 Å². The first-order valence-corrected chi connectivity index (χ1v) is 7.81. The van der Waals surface area contributed by atoms with E-state index in [2.05, 4.69) is 10.4 Å². The number of nitrogens with zero attached hydrogens (tertiary/aromatic N) is 2. The summed E-state index contributed by atoms with van der Waals surface area (Å²) in [7, 11) is 1.84. The second kappa shape index (κ2) is 6.30. The van der Waals surface area contributed by atoms with E-state index in [9.17, 15) is 18.0 Å². The third-order valence-corrected chi connectivity index (χ3v) is 4.27. The van der Waals surface area contributed by atoms with Gasteiger partial charge in [-0.2, -0.15) is 18.3 Å². The van der Waals surface area contributed by atoms with Gasteiger partial charge in [-0.1, -0.05) is 18.2 Å². The molecule has 1 aliphatic carbocycles. The summed E-state index contributed by atoms with van der Waals surface area (Å²) in [4.78, 5) is 12.1. The molecule has 0 atom stereocenters. The van der Waals surface area contributed by atoms with Crippen LogP contribution in [0.4, 0.5) is 13.2 Å². The molecule has 0 fully saturated rings. The van der Waals surface area contributed by atoms with E-state index < -0.39 is 11.7 Å². The summed E-state index contributed by atoms with van der Waals surface area (Å²) in [6.45, 7) is 0.344. The van der Waals surface area contributed by atoms with Crippen molar-refractivity contribution >= 4 is 5.91 Å². The van der Waals surface area contributed by atoms with Crippen molar-refractivity contribution < 1.29 is 18.0 Å². The molecule has 128 valence electrons. The zero-order chi connectivity index (χ0) is 17.3. The highest BCUT2D eigenvalue weighted by Crippen LogP contribution is 2.29. The monoisotopic (exact) mass is 337 g/mol. The van der Waals surface area contributed by atoms with Gasteiger partial charge in [0.05, 0.1) is 29.9 Å². The SMILES string of the molecule is Cn1nc2c(c1CNC(=O)Cc1cccc(C(F)(F)F)c1)CCC2. The molecule has 3 rings (SSSR count). The molecular formula is C17H18F3N3O. The Bertz CT molecular complexity index is 765. The van der Waals surface area contributed by atoms with E-state index in [-0.39, 0.29) is 12.3 Å². The lowest BCUT2D eigenvalue weighted by molar-refractivity contribution is -0.137. The van der Waals surface area contributed by atoms with E-state index in [0.717, 1.165) is 42.8 Å². The Morgan fingerprint density at radius 2 is 2.12 bits per heavy atom. The van der Waals surface area contributed by atoms with Crippen molar-refractivity contribution in [3.05, 3.63) is 52.3 Å². The molecule has 0 radical (unpaired) electrons. The normalized spacial score (nSPS) is 13.8. The molecule has 1 amide bonds. The van der Waals surface area contributed by atoms with Crippen molar-refractivity contribution in [3.63, 3.8) is 0 Å². The van der Waals surface area contributed by atoms with Crippen LogP contribution in [0, 0.1) is 0 Å². The molecule has 1 aromatic carbocycles. The maximum Gasteiger partial charge on any atom is 0.416 e. The van der Waals surface area contributed by atoms with Gasteiger partial charge in [0.15, 0.2) is 0 Å². The molecule has 0 saturated heterocycles. The maximum absolute atomic E-state index is 12.7. The zero-order valence-electron chi connectivity index (χ0n) is 13.3. The van der Waals surface area contributed by atoms with E-state index in [1.54, 1.807) is 4.68 Å². The van der Waals surface area contributed by atoms with Gasteiger partial charge in [-0.05, 0) is 36.5 Å². The highest BCUT2D eigenvalue weighted by atomic mass is 19.4. The lowest BCUT2D eigenvalue weighted by Gasteiger charge is -2.10. The molecule has 24 heavy (non-hydrogen) atoms. The van der Waals surface area contributed by atoms with Crippen molar-refractivity contribution in [1.82, 2.24) is 15.1 Å². The number of halogens is 3. The van der Waals surface area contributed by atoms with Crippen LogP contribution in [0.5, 0.6) is 0 Å². The first-order valence-electron chi connectivity index (χ1n) is 7.81. The number of carbonyl (C=O) groups excluding carboxylic acids is 1. The van der Waals surface area contributed by atoms with Crippen molar-refractivity contribution in [1.29, 1.82) is 0 Å². The molecule has 0 unspecified atom stereocenters. The van der Waals surface area contributed by atoms with Crippen molar-refractivity contribution in [3.8, 4) is 0 Å². The fourth-order valence-electron chi connectivity index (χ4n) is 3.09. The van der Waals surface area contributed by atoms with Crippen molar-refractivity contribution in [2.24, 2.45) is 7.05 Å². The quantitative estimate of drug-likeness (QED) is 0.933. The Morgan fingerprint density at radius 1 is 1.33 bits per heavy atom. The number of rotatable bonds is 4. The highest BCUT2D eigenvalue weighted by molar-refractivity contribution is 5.78.